The third-order valence-corrected chi connectivity index (χ3v) is 4.27. The molecular weight excluding hydrogens is 438 g/mol. The lowest BCUT2D eigenvalue weighted by molar-refractivity contribution is 0.0285. The predicted molar refractivity (Wildman–Crippen MR) is 113 cm³/mol. The quantitative estimate of drug-likeness (QED) is 0.610. The Bertz CT molecular complexity index is 1010. The Hall–Kier alpha value is -2.94. The average Bonchev–Trinajstić information content (AvgIpc) is 3.13. The molecule has 2 N–H and O–H groups in total. The Morgan fingerprint density at radius 3 is 2.62 bits per heavy atom. The molecule has 3 aromatic rings. The summed E-state index contributed by atoms with van der Waals surface area (Å²) in [6.45, 7) is 5.95. The van der Waals surface area contributed by atoms with Crippen LogP contribution in [-0.4, -0.2) is 38.8 Å². The van der Waals surface area contributed by atoms with Gasteiger partial charge in [-0.3, -0.25) is 0 Å². The maximum Gasteiger partial charge on any atom is 0.410 e. The number of ether oxygens (including phenoxy) is 1. The van der Waals surface area contributed by atoms with E-state index in [4.69, 9.17) is 15.0 Å². The molecule has 0 radical (unpaired) electrons. The second-order valence-corrected chi connectivity index (χ2v) is 8.35. The maximum atomic E-state index is 12.1. The second kappa shape index (κ2) is 8.20. The van der Waals surface area contributed by atoms with Gasteiger partial charge in [-0.1, -0.05) is 29.4 Å². The molecule has 0 unspecified atom stereocenters. The van der Waals surface area contributed by atoms with Crippen molar-refractivity contribution in [1.82, 2.24) is 20.0 Å². The number of carbonyl (C=O) groups is 1. The third-order valence-electron chi connectivity index (χ3n) is 3.89. The van der Waals surface area contributed by atoms with E-state index in [2.05, 4.69) is 31.1 Å². The van der Waals surface area contributed by atoms with Gasteiger partial charge in [0.25, 0.3) is 0 Å². The van der Waals surface area contributed by atoms with E-state index in [0.717, 1.165) is 11.1 Å². The SMILES string of the molecule is CN(Cc1ccc(-c2cc(-c3nc(Br)cnc3N)on2)cc1)C(=O)OC(C)(C)C. The van der Waals surface area contributed by atoms with Crippen LogP contribution in [0.4, 0.5) is 10.6 Å². The number of carbonyl (C=O) groups excluding carboxylic acids is 1. The van der Waals surface area contributed by atoms with Crippen molar-refractivity contribution in [3.8, 4) is 22.7 Å². The van der Waals surface area contributed by atoms with E-state index in [1.54, 1.807) is 13.1 Å². The van der Waals surface area contributed by atoms with Crippen LogP contribution in [0.1, 0.15) is 26.3 Å². The monoisotopic (exact) mass is 459 g/mol. The number of halogens is 1. The number of nitrogens with zero attached hydrogens (tertiary/aromatic N) is 4. The summed E-state index contributed by atoms with van der Waals surface area (Å²) in [4.78, 5) is 22.0. The number of aromatic nitrogens is 3. The van der Waals surface area contributed by atoms with E-state index in [-0.39, 0.29) is 11.9 Å². The zero-order chi connectivity index (χ0) is 21.2. The van der Waals surface area contributed by atoms with Crippen LogP contribution < -0.4 is 5.73 Å². The number of hydrogen-bond donors (Lipinski definition) is 1. The number of amides is 1. The van der Waals surface area contributed by atoms with Gasteiger partial charge < -0.3 is 19.9 Å². The highest BCUT2D eigenvalue weighted by Crippen LogP contribution is 2.28. The average molecular weight is 460 g/mol. The summed E-state index contributed by atoms with van der Waals surface area (Å²) in [7, 11) is 1.70. The van der Waals surface area contributed by atoms with Crippen LogP contribution in [0, 0.1) is 0 Å². The van der Waals surface area contributed by atoms with Gasteiger partial charge in [0.2, 0.25) is 0 Å². The fraction of sp³-hybridized carbons (Fsp3) is 0.300. The first-order valence-electron chi connectivity index (χ1n) is 8.91. The third kappa shape index (κ3) is 5.32. The maximum absolute atomic E-state index is 12.1. The smallest absolute Gasteiger partial charge is 0.410 e. The molecule has 1 aromatic carbocycles. The lowest BCUT2D eigenvalue weighted by atomic mass is 10.1. The Kier molecular flexibility index (Phi) is 5.88. The standard InChI is InChI=1S/C20H22BrN5O3/c1-20(2,3)28-19(27)26(4)11-12-5-7-13(8-6-12)14-9-15(29-25-14)17-18(22)23-10-16(21)24-17/h5-10H,11H2,1-4H3,(H2,22,23). The van der Waals surface area contributed by atoms with Crippen molar-refractivity contribution < 1.29 is 14.1 Å². The van der Waals surface area contributed by atoms with Gasteiger partial charge in [-0.05, 0) is 42.3 Å². The van der Waals surface area contributed by atoms with Gasteiger partial charge in [-0.2, -0.15) is 0 Å². The number of rotatable bonds is 4. The molecule has 0 aliphatic rings. The molecule has 0 fully saturated rings. The van der Waals surface area contributed by atoms with Crippen LogP contribution in [0.5, 0.6) is 0 Å². The molecule has 0 saturated heterocycles. The topological polar surface area (TPSA) is 107 Å². The normalized spacial score (nSPS) is 11.3. The Morgan fingerprint density at radius 1 is 1.28 bits per heavy atom. The van der Waals surface area contributed by atoms with Crippen LogP contribution in [0.25, 0.3) is 22.7 Å². The van der Waals surface area contributed by atoms with Crippen LogP contribution in [-0.2, 0) is 11.3 Å². The van der Waals surface area contributed by atoms with Gasteiger partial charge in [-0.25, -0.2) is 14.8 Å². The molecule has 3 rings (SSSR count). The number of nitrogen functional groups attached to an aromatic ring is 1. The Morgan fingerprint density at radius 2 is 1.97 bits per heavy atom. The fourth-order valence-electron chi connectivity index (χ4n) is 2.54. The van der Waals surface area contributed by atoms with E-state index in [1.165, 1.54) is 11.1 Å². The van der Waals surface area contributed by atoms with Gasteiger partial charge in [0, 0.05) is 25.2 Å². The predicted octanol–water partition coefficient (Wildman–Crippen LogP) is 4.51. The highest BCUT2D eigenvalue weighted by atomic mass is 79.9. The second-order valence-electron chi connectivity index (χ2n) is 7.54. The van der Waals surface area contributed by atoms with Crippen LogP contribution in [0.15, 0.2) is 45.7 Å². The molecule has 0 spiro atoms. The summed E-state index contributed by atoms with van der Waals surface area (Å²) in [5.74, 6) is 0.691. The molecular formula is C20H22BrN5O3. The summed E-state index contributed by atoms with van der Waals surface area (Å²) in [6, 6.07) is 9.44. The van der Waals surface area contributed by atoms with Crippen molar-refractivity contribution >= 4 is 27.8 Å². The molecule has 0 aliphatic heterocycles. The van der Waals surface area contributed by atoms with Crippen molar-refractivity contribution in [1.29, 1.82) is 0 Å². The lowest BCUT2D eigenvalue weighted by Gasteiger charge is -2.24. The first kappa shape index (κ1) is 20.8. The van der Waals surface area contributed by atoms with Crippen LogP contribution >= 0.6 is 15.9 Å². The molecule has 0 saturated carbocycles. The van der Waals surface area contributed by atoms with Crippen molar-refractivity contribution in [3.05, 3.63) is 46.7 Å². The van der Waals surface area contributed by atoms with Gasteiger partial charge in [0.05, 0.1) is 6.20 Å². The number of anilines is 1. The summed E-state index contributed by atoms with van der Waals surface area (Å²) in [5.41, 5.74) is 8.25. The Balaban J connectivity index is 1.72. The summed E-state index contributed by atoms with van der Waals surface area (Å²) < 4.78 is 11.3. The highest BCUT2D eigenvalue weighted by Gasteiger charge is 2.20. The van der Waals surface area contributed by atoms with Crippen LogP contribution in [0.2, 0.25) is 0 Å². The van der Waals surface area contributed by atoms with Gasteiger partial charge >= 0.3 is 6.09 Å². The fourth-order valence-corrected chi connectivity index (χ4v) is 2.82. The summed E-state index contributed by atoms with van der Waals surface area (Å²) in [5, 5.41) is 4.09. The zero-order valence-corrected chi connectivity index (χ0v) is 18.2. The molecule has 2 heterocycles. The molecule has 9 heteroatoms. The largest absolute Gasteiger partial charge is 0.444 e. The van der Waals surface area contributed by atoms with Crippen molar-refractivity contribution in [2.75, 3.05) is 12.8 Å². The summed E-state index contributed by atoms with van der Waals surface area (Å²) >= 11 is 3.27. The lowest BCUT2D eigenvalue weighted by Crippen LogP contribution is -2.33. The highest BCUT2D eigenvalue weighted by molar-refractivity contribution is 9.10. The van der Waals surface area contributed by atoms with Gasteiger partial charge in [0.1, 0.15) is 15.9 Å². The molecule has 2 aromatic heterocycles. The molecule has 29 heavy (non-hydrogen) atoms. The van der Waals surface area contributed by atoms with Crippen molar-refractivity contribution in [2.24, 2.45) is 0 Å². The van der Waals surface area contributed by atoms with Gasteiger partial charge in [0.15, 0.2) is 17.3 Å². The van der Waals surface area contributed by atoms with E-state index < -0.39 is 5.60 Å². The molecule has 0 atom stereocenters. The van der Waals surface area contributed by atoms with E-state index in [9.17, 15) is 4.79 Å². The first-order chi connectivity index (χ1) is 13.6. The number of hydrogen-bond acceptors (Lipinski definition) is 7. The molecule has 152 valence electrons. The summed E-state index contributed by atoms with van der Waals surface area (Å²) in [6.07, 6.45) is 1.15. The van der Waals surface area contributed by atoms with E-state index >= 15 is 0 Å². The number of benzene rings is 1. The van der Waals surface area contributed by atoms with E-state index in [1.807, 2.05) is 45.0 Å². The molecule has 0 bridgehead atoms. The minimum Gasteiger partial charge on any atom is -0.444 e. The van der Waals surface area contributed by atoms with Gasteiger partial charge in [-0.15, -0.1) is 0 Å². The van der Waals surface area contributed by atoms with Crippen molar-refractivity contribution in [3.63, 3.8) is 0 Å². The molecule has 8 nitrogen and oxygen atoms in total. The number of nitrogens with two attached hydrogens (primary N) is 1. The molecule has 1 amide bonds. The molecule has 0 aliphatic carbocycles. The van der Waals surface area contributed by atoms with Crippen molar-refractivity contribution in [2.45, 2.75) is 32.9 Å². The van der Waals surface area contributed by atoms with Crippen LogP contribution in [0.3, 0.4) is 0 Å². The minimum atomic E-state index is -0.526. The first-order valence-corrected chi connectivity index (χ1v) is 9.70. The van der Waals surface area contributed by atoms with E-state index in [0.29, 0.717) is 28.3 Å². The Labute approximate surface area is 177 Å². The zero-order valence-electron chi connectivity index (χ0n) is 16.6. The minimum absolute atomic E-state index is 0.261.